The number of carbonyl (C=O) groups is 1. The highest BCUT2D eigenvalue weighted by Gasteiger charge is 2.41. The van der Waals surface area contributed by atoms with Crippen LogP contribution in [0.15, 0.2) is 30.6 Å². The molecule has 1 amide bonds. The fourth-order valence-corrected chi connectivity index (χ4v) is 6.02. The highest BCUT2D eigenvalue weighted by Crippen LogP contribution is 2.40. The van der Waals surface area contributed by atoms with Gasteiger partial charge in [0.05, 0.1) is 17.4 Å². The van der Waals surface area contributed by atoms with Crippen LogP contribution in [0.4, 0.5) is 17.5 Å². The second-order valence-electron chi connectivity index (χ2n) is 10.2. The van der Waals surface area contributed by atoms with E-state index in [0.717, 1.165) is 42.7 Å². The van der Waals surface area contributed by atoms with E-state index in [2.05, 4.69) is 55.3 Å². The van der Waals surface area contributed by atoms with Crippen LogP contribution in [-0.4, -0.2) is 57.1 Å². The first-order chi connectivity index (χ1) is 16.5. The molecule has 5 heterocycles. The van der Waals surface area contributed by atoms with Gasteiger partial charge in [0.25, 0.3) is 5.91 Å². The third-order valence-corrected chi connectivity index (χ3v) is 7.52. The normalized spacial score (nSPS) is 24.2. The highest BCUT2D eigenvalue weighted by atomic mass is 16.2. The summed E-state index contributed by atoms with van der Waals surface area (Å²) in [7, 11) is 0. The molecule has 1 saturated heterocycles. The van der Waals surface area contributed by atoms with Gasteiger partial charge in [0, 0.05) is 43.3 Å². The second-order valence-corrected chi connectivity index (χ2v) is 10.2. The van der Waals surface area contributed by atoms with Crippen molar-refractivity contribution in [1.29, 1.82) is 0 Å². The average molecular weight is 461 g/mol. The molecule has 3 aliphatic rings. The third kappa shape index (κ3) is 3.68. The zero-order valence-corrected chi connectivity index (χ0v) is 19.8. The minimum absolute atomic E-state index is 0.0301. The minimum Gasteiger partial charge on any atom is -0.367 e. The SMILES string of the molecule is C[C@@H]1CN(c2ccc(Nc3ncc4cc5n(c4n3)C3(CCCCC3)CNC5=O)nc2)C[C@H](C)N1. The van der Waals surface area contributed by atoms with Gasteiger partial charge in [-0.1, -0.05) is 19.3 Å². The topological polar surface area (TPSA) is 100 Å². The second kappa shape index (κ2) is 8.23. The molecule has 0 unspecified atom stereocenters. The summed E-state index contributed by atoms with van der Waals surface area (Å²) in [5.74, 6) is 1.17. The fourth-order valence-electron chi connectivity index (χ4n) is 6.02. The van der Waals surface area contributed by atoms with Crippen molar-refractivity contribution in [2.24, 2.45) is 0 Å². The van der Waals surface area contributed by atoms with Crippen molar-refractivity contribution >= 4 is 34.4 Å². The number of nitrogens with zero attached hydrogens (tertiary/aromatic N) is 5. The third-order valence-electron chi connectivity index (χ3n) is 7.52. The lowest BCUT2D eigenvalue weighted by molar-refractivity contribution is 0.0833. The van der Waals surface area contributed by atoms with Gasteiger partial charge < -0.3 is 25.4 Å². The zero-order chi connectivity index (χ0) is 23.3. The molecular formula is C25H32N8O. The lowest BCUT2D eigenvalue weighted by atomic mass is 9.80. The average Bonchev–Trinajstić information content (AvgIpc) is 3.23. The van der Waals surface area contributed by atoms with E-state index in [4.69, 9.17) is 4.98 Å². The molecule has 6 rings (SSSR count). The maximum atomic E-state index is 12.6. The molecule has 0 bridgehead atoms. The standard InChI is InChI=1S/C25H32N8O/c1-16-13-32(14-17(2)29-16)19-6-7-21(26-12-19)30-24-27-11-18-10-20-23(34)28-15-25(8-4-3-5-9-25)33(20)22(18)31-24/h6-7,10-12,16-17,29H,3-5,8-9,13-15H2,1-2H3,(H,28,34)(H,26,27,30,31)/t16-,17+. The minimum atomic E-state index is -0.0909. The number of rotatable bonds is 3. The van der Waals surface area contributed by atoms with E-state index in [-0.39, 0.29) is 11.4 Å². The van der Waals surface area contributed by atoms with Crippen molar-refractivity contribution in [3.63, 3.8) is 0 Å². The van der Waals surface area contributed by atoms with Gasteiger partial charge >= 0.3 is 0 Å². The molecule has 3 aromatic rings. The Morgan fingerprint density at radius 3 is 2.59 bits per heavy atom. The van der Waals surface area contributed by atoms with Crippen LogP contribution in [0.1, 0.15) is 56.4 Å². The lowest BCUT2D eigenvalue weighted by Gasteiger charge is -2.42. The quantitative estimate of drug-likeness (QED) is 0.552. The zero-order valence-electron chi connectivity index (χ0n) is 19.8. The predicted octanol–water partition coefficient (Wildman–Crippen LogP) is 3.16. The highest BCUT2D eigenvalue weighted by molar-refractivity contribution is 5.99. The summed E-state index contributed by atoms with van der Waals surface area (Å²) >= 11 is 0. The van der Waals surface area contributed by atoms with E-state index in [9.17, 15) is 4.79 Å². The van der Waals surface area contributed by atoms with Gasteiger partial charge in [-0.25, -0.2) is 9.97 Å². The van der Waals surface area contributed by atoms with Crippen molar-refractivity contribution < 1.29 is 4.79 Å². The van der Waals surface area contributed by atoms with E-state index < -0.39 is 0 Å². The Kier molecular flexibility index (Phi) is 5.17. The molecule has 2 aliphatic heterocycles. The van der Waals surface area contributed by atoms with Gasteiger partial charge in [-0.05, 0) is 44.9 Å². The Morgan fingerprint density at radius 1 is 1.06 bits per heavy atom. The summed E-state index contributed by atoms with van der Waals surface area (Å²) in [5, 5.41) is 10.8. The molecule has 0 radical (unpaired) electrons. The fraction of sp³-hybridized carbons (Fsp3) is 0.520. The molecule has 3 aromatic heterocycles. The molecule has 2 fully saturated rings. The van der Waals surface area contributed by atoms with Crippen molar-refractivity contribution in [1.82, 2.24) is 30.2 Å². The number of nitrogens with one attached hydrogen (secondary N) is 3. The molecule has 1 saturated carbocycles. The molecular weight excluding hydrogens is 428 g/mol. The molecule has 0 aromatic carbocycles. The van der Waals surface area contributed by atoms with Gasteiger partial charge in [0.2, 0.25) is 5.95 Å². The Labute approximate surface area is 199 Å². The van der Waals surface area contributed by atoms with Crippen molar-refractivity contribution in [3.05, 3.63) is 36.3 Å². The van der Waals surface area contributed by atoms with Crippen LogP contribution >= 0.6 is 0 Å². The monoisotopic (exact) mass is 460 g/mol. The van der Waals surface area contributed by atoms with E-state index in [1.807, 2.05) is 18.3 Å². The van der Waals surface area contributed by atoms with Crippen LogP contribution in [0.2, 0.25) is 0 Å². The van der Waals surface area contributed by atoms with Crippen molar-refractivity contribution in [2.45, 2.75) is 63.6 Å². The number of amides is 1. The first kappa shape index (κ1) is 21.3. The van der Waals surface area contributed by atoms with Crippen LogP contribution in [-0.2, 0) is 5.54 Å². The van der Waals surface area contributed by atoms with Crippen LogP contribution in [0.25, 0.3) is 11.0 Å². The maximum absolute atomic E-state index is 12.6. The van der Waals surface area contributed by atoms with Gasteiger partial charge in [-0.15, -0.1) is 0 Å². The lowest BCUT2D eigenvalue weighted by Crippen LogP contribution is -2.54. The molecule has 34 heavy (non-hydrogen) atoms. The molecule has 1 spiro atoms. The molecule has 3 N–H and O–H groups in total. The number of fused-ring (bicyclic) bond motifs is 4. The van der Waals surface area contributed by atoms with Gasteiger partial charge in [0.15, 0.2) is 0 Å². The van der Waals surface area contributed by atoms with Crippen LogP contribution in [0, 0.1) is 0 Å². The molecule has 178 valence electrons. The summed E-state index contributed by atoms with van der Waals surface area (Å²) in [6, 6.07) is 6.89. The molecule has 2 atom stereocenters. The Morgan fingerprint density at radius 2 is 1.85 bits per heavy atom. The van der Waals surface area contributed by atoms with E-state index >= 15 is 0 Å². The number of hydrogen-bond acceptors (Lipinski definition) is 7. The summed E-state index contributed by atoms with van der Waals surface area (Å²) in [4.78, 5) is 29.0. The van der Waals surface area contributed by atoms with Crippen LogP contribution in [0.5, 0.6) is 0 Å². The van der Waals surface area contributed by atoms with Crippen molar-refractivity contribution in [2.75, 3.05) is 29.9 Å². The predicted molar refractivity (Wildman–Crippen MR) is 133 cm³/mol. The molecule has 9 heteroatoms. The summed E-state index contributed by atoms with van der Waals surface area (Å²) in [5.41, 5.74) is 2.54. The van der Waals surface area contributed by atoms with Gasteiger partial charge in [-0.2, -0.15) is 4.98 Å². The number of anilines is 3. The number of aromatic nitrogens is 4. The molecule has 9 nitrogen and oxygen atoms in total. The summed E-state index contributed by atoms with van der Waals surface area (Å²) in [6.45, 7) is 7.02. The largest absolute Gasteiger partial charge is 0.367 e. The Hall–Kier alpha value is -3.20. The van der Waals surface area contributed by atoms with Crippen LogP contribution < -0.4 is 20.9 Å². The van der Waals surface area contributed by atoms with E-state index in [0.29, 0.717) is 36.1 Å². The number of piperazine rings is 1. The molecule has 1 aliphatic carbocycles. The van der Waals surface area contributed by atoms with Crippen LogP contribution in [0.3, 0.4) is 0 Å². The smallest absolute Gasteiger partial charge is 0.268 e. The maximum Gasteiger partial charge on any atom is 0.268 e. The van der Waals surface area contributed by atoms with E-state index in [1.54, 1.807) is 6.20 Å². The number of hydrogen-bond donors (Lipinski definition) is 3. The Bertz CT molecular complexity index is 1200. The number of pyridine rings is 1. The van der Waals surface area contributed by atoms with Gasteiger partial charge in [0.1, 0.15) is 17.2 Å². The number of carbonyl (C=O) groups excluding carboxylic acids is 1. The first-order valence-corrected chi connectivity index (χ1v) is 12.4. The van der Waals surface area contributed by atoms with Crippen molar-refractivity contribution in [3.8, 4) is 0 Å². The Balaban J connectivity index is 1.28. The van der Waals surface area contributed by atoms with Gasteiger partial charge in [-0.3, -0.25) is 4.79 Å². The van der Waals surface area contributed by atoms with E-state index in [1.165, 1.54) is 19.3 Å². The summed E-state index contributed by atoms with van der Waals surface area (Å²) < 4.78 is 2.19. The summed E-state index contributed by atoms with van der Waals surface area (Å²) in [6.07, 6.45) is 9.42. The first-order valence-electron chi connectivity index (χ1n) is 12.4.